The topological polar surface area (TPSA) is 97.9 Å². The van der Waals surface area contributed by atoms with Crippen molar-refractivity contribution in [3.63, 3.8) is 0 Å². The average molecular weight is 270 g/mol. The summed E-state index contributed by atoms with van der Waals surface area (Å²) in [5, 5.41) is 23.6. The molecule has 0 bridgehead atoms. The van der Waals surface area contributed by atoms with Gasteiger partial charge in [0.2, 0.25) is 5.91 Å². The molecule has 20 heavy (non-hydrogen) atoms. The van der Waals surface area contributed by atoms with Crippen LogP contribution in [0.2, 0.25) is 0 Å². The van der Waals surface area contributed by atoms with E-state index in [0.717, 1.165) is 0 Å². The van der Waals surface area contributed by atoms with Crippen LogP contribution in [0.1, 0.15) is 11.1 Å². The van der Waals surface area contributed by atoms with Crippen molar-refractivity contribution in [3.8, 4) is 12.1 Å². The molecule has 1 aromatic rings. The van der Waals surface area contributed by atoms with Crippen LogP contribution in [-0.2, 0) is 9.53 Å². The Hall–Kier alpha value is -2.41. The molecule has 1 fully saturated rings. The molecule has 2 atom stereocenters. The van der Waals surface area contributed by atoms with Crippen LogP contribution in [0.3, 0.4) is 0 Å². The zero-order valence-electron chi connectivity index (χ0n) is 11.0. The number of nitrogens with zero attached hydrogens (tertiary/aromatic N) is 2. The second-order valence-corrected chi connectivity index (χ2v) is 4.51. The van der Waals surface area contributed by atoms with Crippen LogP contribution in [0.4, 0.5) is 5.69 Å². The van der Waals surface area contributed by atoms with Gasteiger partial charge in [-0.15, -0.1) is 0 Å². The van der Waals surface area contributed by atoms with Gasteiger partial charge in [-0.2, -0.15) is 10.5 Å². The molecule has 1 aliphatic heterocycles. The average Bonchev–Trinajstić information content (AvgIpc) is 2.95. The lowest BCUT2D eigenvalue weighted by atomic mass is 10.0. The number of benzene rings is 1. The fourth-order valence-electron chi connectivity index (χ4n) is 2.14. The molecule has 0 radical (unpaired) electrons. The van der Waals surface area contributed by atoms with Gasteiger partial charge < -0.3 is 15.4 Å². The first kappa shape index (κ1) is 14.0. The predicted octanol–water partition coefficient (Wildman–Crippen LogP) is 0.603. The number of likely N-dealkylation sites (N-methyl/N-ethyl adjacent to an activating group) is 1. The van der Waals surface area contributed by atoms with Gasteiger partial charge in [0, 0.05) is 11.7 Å². The van der Waals surface area contributed by atoms with Crippen molar-refractivity contribution >= 4 is 11.6 Å². The van der Waals surface area contributed by atoms with Gasteiger partial charge in [-0.25, -0.2) is 0 Å². The minimum atomic E-state index is -0.263. The highest BCUT2D eigenvalue weighted by molar-refractivity contribution is 5.93. The van der Waals surface area contributed by atoms with Gasteiger partial charge >= 0.3 is 0 Å². The highest BCUT2D eigenvalue weighted by Gasteiger charge is 2.32. The summed E-state index contributed by atoms with van der Waals surface area (Å²) < 4.78 is 5.28. The van der Waals surface area contributed by atoms with Crippen molar-refractivity contribution in [2.45, 2.75) is 6.04 Å². The fraction of sp³-hybridized carbons (Fsp3) is 0.357. The molecule has 2 N–H and O–H groups in total. The molecular weight excluding hydrogens is 256 g/mol. The van der Waals surface area contributed by atoms with Crippen LogP contribution >= 0.6 is 0 Å². The maximum absolute atomic E-state index is 12.2. The third-order valence-electron chi connectivity index (χ3n) is 3.32. The van der Waals surface area contributed by atoms with Gasteiger partial charge in [0.15, 0.2) is 0 Å². The lowest BCUT2D eigenvalue weighted by molar-refractivity contribution is -0.120. The first-order valence-electron chi connectivity index (χ1n) is 6.19. The first-order valence-corrected chi connectivity index (χ1v) is 6.19. The van der Waals surface area contributed by atoms with Gasteiger partial charge in [0.1, 0.15) is 12.1 Å². The Labute approximate surface area is 117 Å². The zero-order valence-corrected chi connectivity index (χ0v) is 11.0. The molecule has 6 heteroatoms. The van der Waals surface area contributed by atoms with E-state index in [9.17, 15) is 4.79 Å². The van der Waals surface area contributed by atoms with E-state index in [1.807, 2.05) is 12.1 Å². The molecule has 1 aromatic carbocycles. The van der Waals surface area contributed by atoms with Crippen molar-refractivity contribution in [2.24, 2.45) is 5.92 Å². The molecule has 1 amide bonds. The minimum absolute atomic E-state index is 0.0104. The largest absolute Gasteiger partial charge is 0.379 e. The Morgan fingerprint density at radius 3 is 2.70 bits per heavy atom. The van der Waals surface area contributed by atoms with Crippen LogP contribution < -0.4 is 10.6 Å². The molecule has 0 aromatic heterocycles. The number of anilines is 1. The number of hydrogen-bond donors (Lipinski definition) is 2. The number of hydrogen-bond acceptors (Lipinski definition) is 5. The number of nitriles is 2. The molecule has 1 heterocycles. The monoisotopic (exact) mass is 270 g/mol. The van der Waals surface area contributed by atoms with E-state index < -0.39 is 0 Å². The number of amides is 1. The lowest BCUT2D eigenvalue weighted by Crippen LogP contribution is -2.39. The third kappa shape index (κ3) is 2.77. The van der Waals surface area contributed by atoms with E-state index in [0.29, 0.717) is 24.5 Å². The summed E-state index contributed by atoms with van der Waals surface area (Å²) in [7, 11) is 1.79. The summed E-state index contributed by atoms with van der Waals surface area (Å²) in [4.78, 5) is 12.2. The van der Waals surface area contributed by atoms with Gasteiger partial charge in [-0.1, -0.05) is 0 Å². The van der Waals surface area contributed by atoms with Gasteiger partial charge in [0.05, 0.1) is 30.3 Å². The van der Waals surface area contributed by atoms with Crippen LogP contribution in [0.15, 0.2) is 18.2 Å². The van der Waals surface area contributed by atoms with Crippen LogP contribution in [-0.4, -0.2) is 32.2 Å². The Morgan fingerprint density at radius 1 is 1.30 bits per heavy atom. The van der Waals surface area contributed by atoms with Crippen molar-refractivity contribution in [3.05, 3.63) is 29.3 Å². The maximum atomic E-state index is 12.2. The van der Waals surface area contributed by atoms with Crippen molar-refractivity contribution in [2.75, 3.05) is 25.6 Å². The Morgan fingerprint density at radius 2 is 2.05 bits per heavy atom. The summed E-state index contributed by atoms with van der Waals surface area (Å²) in [5.74, 6) is -0.420. The van der Waals surface area contributed by atoms with E-state index in [1.54, 1.807) is 13.1 Å². The van der Waals surface area contributed by atoms with Crippen LogP contribution in [0.25, 0.3) is 0 Å². The second-order valence-electron chi connectivity index (χ2n) is 4.51. The Bertz CT molecular complexity index is 600. The number of nitrogens with one attached hydrogen (secondary N) is 2. The first-order chi connectivity index (χ1) is 9.69. The summed E-state index contributed by atoms with van der Waals surface area (Å²) in [6.07, 6.45) is 0. The number of carbonyl (C=O) groups is 1. The number of ether oxygens (including phenoxy) is 1. The van der Waals surface area contributed by atoms with Gasteiger partial charge in [0.25, 0.3) is 0 Å². The van der Waals surface area contributed by atoms with E-state index in [4.69, 9.17) is 15.3 Å². The summed E-state index contributed by atoms with van der Waals surface area (Å²) in [5.41, 5.74) is 1.05. The number of carbonyl (C=O) groups excluding carboxylic acids is 1. The van der Waals surface area contributed by atoms with E-state index in [1.165, 1.54) is 12.1 Å². The highest BCUT2D eigenvalue weighted by atomic mass is 16.5. The van der Waals surface area contributed by atoms with Crippen molar-refractivity contribution in [1.82, 2.24) is 5.32 Å². The Kier molecular flexibility index (Phi) is 4.31. The second kappa shape index (κ2) is 6.16. The summed E-state index contributed by atoms with van der Waals surface area (Å²) in [6, 6.07) is 8.50. The van der Waals surface area contributed by atoms with Gasteiger partial charge in [-0.05, 0) is 25.2 Å². The molecule has 0 aliphatic carbocycles. The quantitative estimate of drug-likeness (QED) is 0.838. The van der Waals surface area contributed by atoms with Crippen molar-refractivity contribution < 1.29 is 9.53 Å². The predicted molar refractivity (Wildman–Crippen MR) is 71.7 cm³/mol. The molecular formula is C14H14N4O2. The standard InChI is InChI=1S/C14H14N4O2/c1-17-13-8-20-7-12(13)14(19)18-11-3-2-9(5-15)10(4-11)6-16/h2-4,12-13,17H,7-8H2,1H3,(H,18,19). The molecule has 2 unspecified atom stereocenters. The maximum Gasteiger partial charge on any atom is 0.231 e. The van der Waals surface area contributed by atoms with E-state index in [2.05, 4.69) is 10.6 Å². The Balaban J connectivity index is 2.13. The molecule has 0 saturated carbocycles. The third-order valence-corrected chi connectivity index (χ3v) is 3.32. The van der Waals surface area contributed by atoms with Crippen LogP contribution in [0, 0.1) is 28.6 Å². The van der Waals surface area contributed by atoms with Crippen molar-refractivity contribution in [1.29, 1.82) is 10.5 Å². The lowest BCUT2D eigenvalue weighted by Gasteiger charge is -2.16. The fourth-order valence-corrected chi connectivity index (χ4v) is 2.14. The molecule has 0 spiro atoms. The molecule has 1 aliphatic rings. The molecule has 1 saturated heterocycles. The van der Waals surface area contributed by atoms with Crippen LogP contribution in [0.5, 0.6) is 0 Å². The normalized spacial score (nSPS) is 20.9. The smallest absolute Gasteiger partial charge is 0.231 e. The van der Waals surface area contributed by atoms with E-state index in [-0.39, 0.29) is 23.4 Å². The molecule has 2 rings (SSSR count). The zero-order chi connectivity index (χ0) is 14.5. The summed E-state index contributed by atoms with van der Waals surface area (Å²) in [6.45, 7) is 0.879. The van der Waals surface area contributed by atoms with E-state index >= 15 is 0 Å². The molecule has 6 nitrogen and oxygen atoms in total. The summed E-state index contributed by atoms with van der Waals surface area (Å²) >= 11 is 0. The minimum Gasteiger partial charge on any atom is -0.379 e. The molecule has 102 valence electrons. The SMILES string of the molecule is CNC1COCC1C(=O)Nc1ccc(C#N)c(C#N)c1. The van der Waals surface area contributed by atoms with Gasteiger partial charge in [-0.3, -0.25) is 4.79 Å². The number of rotatable bonds is 3. The highest BCUT2D eigenvalue weighted by Crippen LogP contribution is 2.19.